The number of hydrogen-bond donors (Lipinski definition) is 1. The molecule has 1 N–H and O–H groups in total. The highest BCUT2D eigenvalue weighted by atomic mass is 79.9. The van der Waals surface area contributed by atoms with Gasteiger partial charge in [-0.15, -0.1) is 12.8 Å². The lowest BCUT2D eigenvalue weighted by atomic mass is 10.2. The third kappa shape index (κ3) is 15.4. The Kier molecular flexibility index (Phi) is 25.0. The Labute approximate surface area is 201 Å². The van der Waals surface area contributed by atoms with Gasteiger partial charge in [-0.2, -0.15) is 0 Å². The zero-order valence-corrected chi connectivity index (χ0v) is 17.6. The minimum absolute atomic E-state index is 0. The van der Waals surface area contributed by atoms with Crippen molar-refractivity contribution < 1.29 is 28.9 Å². The molecule has 6 nitrogen and oxygen atoms in total. The number of benzene rings is 2. The fourth-order valence-corrected chi connectivity index (χ4v) is 1.65. The molecule has 2 aromatic carbocycles. The van der Waals surface area contributed by atoms with E-state index in [1.165, 1.54) is 38.5 Å². The summed E-state index contributed by atoms with van der Waals surface area (Å²) in [4.78, 5) is 21.9. The Morgan fingerprint density at radius 1 is 0.844 bits per heavy atom. The largest absolute Gasteiger partial charge is 0.508 e. The third-order valence-electron chi connectivity index (χ3n) is 2.96. The van der Waals surface area contributed by atoms with E-state index in [9.17, 15) is 9.59 Å². The zero-order chi connectivity index (χ0) is 22.1. The van der Waals surface area contributed by atoms with Crippen LogP contribution in [0.4, 0.5) is 0 Å². The maximum atomic E-state index is 11.0. The molecule has 0 fully saturated rings. The number of hydrogen-bond acceptors (Lipinski definition) is 6. The molecule has 2 aromatic rings. The molecule has 0 spiro atoms. The molecule has 0 heterocycles. The molecule has 0 atom stereocenters. The molecule has 0 bridgehead atoms. The lowest BCUT2D eigenvalue weighted by Gasteiger charge is -2.02. The molecule has 0 aliphatic rings. The Bertz CT molecular complexity index is 831. The maximum Gasteiger partial charge on any atom is 0.337 e. The van der Waals surface area contributed by atoms with Crippen molar-refractivity contribution in [2.75, 3.05) is 26.2 Å². The van der Waals surface area contributed by atoms with Crippen LogP contribution in [-0.2, 0) is 9.47 Å². The fraction of sp³-hybridized carbons (Fsp3) is 0.280. The summed E-state index contributed by atoms with van der Waals surface area (Å²) < 4.78 is 14.1. The van der Waals surface area contributed by atoms with Gasteiger partial charge in [-0.05, 0) is 48.5 Å². The molecular weight excluding hydrogens is 476 g/mol. The first-order chi connectivity index (χ1) is 13.9. The van der Waals surface area contributed by atoms with Crippen LogP contribution in [0.2, 0.25) is 0 Å². The molecule has 0 unspecified atom stereocenters. The van der Waals surface area contributed by atoms with E-state index in [2.05, 4.69) is 37.2 Å². The van der Waals surface area contributed by atoms with Crippen molar-refractivity contribution in [3.63, 3.8) is 0 Å². The Balaban J connectivity index is -0.000000197. The number of aromatic hydroxyl groups is 1. The number of phenols is 1. The van der Waals surface area contributed by atoms with Gasteiger partial charge in [-0.25, -0.2) is 9.59 Å². The second-order valence-electron chi connectivity index (χ2n) is 4.88. The number of ether oxygens (including phenoxy) is 3. The molecule has 0 amide bonds. The van der Waals surface area contributed by atoms with E-state index in [-0.39, 0.29) is 40.6 Å². The summed E-state index contributed by atoms with van der Waals surface area (Å²) in [5.74, 6) is 4.70. The van der Waals surface area contributed by atoms with Gasteiger partial charge in [-0.3, -0.25) is 0 Å². The van der Waals surface area contributed by atoms with Gasteiger partial charge >= 0.3 is 11.9 Å². The first kappa shape index (κ1) is 36.0. The number of methoxy groups -OCH3 is 2. The molecule has 0 aromatic heterocycles. The van der Waals surface area contributed by atoms with Gasteiger partial charge in [0.05, 0.1) is 30.7 Å². The number of carbonyl (C=O) groups excluding carboxylic acids is 2. The predicted molar refractivity (Wildman–Crippen MR) is 134 cm³/mol. The fourth-order valence-electron chi connectivity index (χ4n) is 1.65. The summed E-state index contributed by atoms with van der Waals surface area (Å²) in [5.41, 5.74) is 0.922. The van der Waals surface area contributed by atoms with Crippen LogP contribution in [0.5, 0.6) is 11.5 Å². The predicted octanol–water partition coefficient (Wildman–Crippen LogP) is 5.59. The van der Waals surface area contributed by atoms with Gasteiger partial charge < -0.3 is 19.3 Å². The molecule has 0 aliphatic heterocycles. The minimum atomic E-state index is -0.398. The molecular formula is C25H33BrO6. The number of rotatable bonds is 4. The summed E-state index contributed by atoms with van der Waals surface area (Å²) in [6.45, 7) is 0.220. The second kappa shape index (κ2) is 22.3. The highest BCUT2D eigenvalue weighted by Crippen LogP contribution is 2.12. The van der Waals surface area contributed by atoms with Crippen molar-refractivity contribution in [3.05, 3.63) is 59.7 Å². The summed E-state index contributed by atoms with van der Waals surface area (Å²) in [7, 11) is 2.65. The van der Waals surface area contributed by atoms with Gasteiger partial charge in [0.2, 0.25) is 0 Å². The molecule has 0 radical (unpaired) electrons. The Morgan fingerprint density at radius 2 is 1.22 bits per heavy atom. The van der Waals surface area contributed by atoms with Crippen molar-refractivity contribution in [2.24, 2.45) is 0 Å². The summed E-state index contributed by atoms with van der Waals surface area (Å²) in [6, 6.07) is 12.5. The number of alkyl halides is 1. The van der Waals surface area contributed by atoms with E-state index in [4.69, 9.17) is 22.7 Å². The van der Waals surface area contributed by atoms with E-state index in [1.807, 2.05) is 0 Å². The number of halogens is 1. The number of terminal acetylenes is 2. The molecule has 32 heavy (non-hydrogen) atoms. The van der Waals surface area contributed by atoms with E-state index in [1.54, 1.807) is 24.3 Å². The molecule has 2 rings (SSSR count). The van der Waals surface area contributed by atoms with Crippen LogP contribution in [-0.4, -0.2) is 43.2 Å². The first-order valence-electron chi connectivity index (χ1n) is 8.04. The van der Waals surface area contributed by atoms with Gasteiger partial charge in [0.25, 0.3) is 0 Å². The summed E-state index contributed by atoms with van der Waals surface area (Å²) in [6.07, 6.45) is 9.76. The monoisotopic (exact) mass is 508 g/mol. The van der Waals surface area contributed by atoms with Gasteiger partial charge in [0.15, 0.2) is 0 Å². The van der Waals surface area contributed by atoms with E-state index in [0.717, 1.165) is 0 Å². The van der Waals surface area contributed by atoms with Gasteiger partial charge in [0.1, 0.15) is 18.1 Å². The van der Waals surface area contributed by atoms with Crippen LogP contribution in [0, 0.1) is 24.7 Å². The normalized spacial score (nSPS) is 7.66. The summed E-state index contributed by atoms with van der Waals surface area (Å²) in [5, 5.41) is 9.52. The maximum absolute atomic E-state index is 11.0. The number of carbonyl (C=O) groups is 2. The van der Waals surface area contributed by atoms with Gasteiger partial charge in [-0.1, -0.05) is 50.1 Å². The van der Waals surface area contributed by atoms with Crippen LogP contribution in [0.1, 0.15) is 43.0 Å². The quantitative estimate of drug-likeness (QED) is 0.329. The van der Waals surface area contributed by atoms with Crippen LogP contribution < -0.4 is 4.74 Å². The standard InChI is InChI=1S/C11H10O3.C8H8O3.C3H3Br.3CH4/c1-3-8-14-10-6-4-9(5-7-10)11(12)13-2;1-11-8(10)6-2-4-7(9)5-3-6;1-2-3-4;;;/h1,4-7H,8H2,2H3;2-5,9H,1H3;1H,3H2;3*1H4. The average molecular weight is 509 g/mol. The van der Waals surface area contributed by atoms with Crippen molar-refractivity contribution in [2.45, 2.75) is 22.3 Å². The van der Waals surface area contributed by atoms with Crippen molar-refractivity contribution in [1.29, 1.82) is 0 Å². The highest BCUT2D eigenvalue weighted by molar-refractivity contribution is 9.09. The summed E-state index contributed by atoms with van der Waals surface area (Å²) >= 11 is 3.01. The molecule has 176 valence electrons. The number of phenolic OH excluding ortho intramolecular Hbond substituents is 1. The minimum Gasteiger partial charge on any atom is -0.508 e. The first-order valence-corrected chi connectivity index (χ1v) is 9.17. The van der Waals surface area contributed by atoms with Crippen molar-refractivity contribution >= 4 is 27.9 Å². The lowest BCUT2D eigenvalue weighted by Crippen LogP contribution is -2.01. The van der Waals surface area contributed by atoms with Crippen LogP contribution in [0.3, 0.4) is 0 Å². The Morgan fingerprint density at radius 3 is 1.53 bits per heavy atom. The van der Waals surface area contributed by atoms with E-state index >= 15 is 0 Å². The van der Waals surface area contributed by atoms with Gasteiger partial charge in [0, 0.05) is 0 Å². The molecule has 0 saturated carbocycles. The van der Waals surface area contributed by atoms with Crippen LogP contribution in [0.25, 0.3) is 0 Å². The Hall–Kier alpha value is -3.42. The van der Waals surface area contributed by atoms with E-state index in [0.29, 0.717) is 22.2 Å². The topological polar surface area (TPSA) is 82.1 Å². The van der Waals surface area contributed by atoms with E-state index < -0.39 is 5.97 Å². The van der Waals surface area contributed by atoms with Crippen LogP contribution >= 0.6 is 15.9 Å². The molecule has 0 saturated heterocycles. The highest BCUT2D eigenvalue weighted by Gasteiger charge is 2.04. The average Bonchev–Trinajstić information content (AvgIpc) is 2.78. The zero-order valence-electron chi connectivity index (χ0n) is 16.1. The second-order valence-corrected chi connectivity index (χ2v) is 5.45. The number of esters is 2. The van der Waals surface area contributed by atoms with Crippen LogP contribution in [0.15, 0.2) is 48.5 Å². The smallest absolute Gasteiger partial charge is 0.337 e. The van der Waals surface area contributed by atoms with Crippen molar-refractivity contribution in [1.82, 2.24) is 0 Å². The third-order valence-corrected chi connectivity index (χ3v) is 3.29. The lowest BCUT2D eigenvalue weighted by molar-refractivity contribution is 0.0592. The molecule has 0 aliphatic carbocycles. The molecule has 7 heteroatoms. The van der Waals surface area contributed by atoms with Crippen molar-refractivity contribution in [3.8, 4) is 36.2 Å². The SMILES string of the molecule is C.C.C.C#CCBr.C#CCOc1ccc(C(=O)OC)cc1.COC(=O)c1ccc(O)cc1.